The van der Waals surface area contributed by atoms with E-state index in [9.17, 15) is 9.18 Å². The van der Waals surface area contributed by atoms with Gasteiger partial charge in [-0.3, -0.25) is 9.36 Å². The molecule has 1 atom stereocenters. The predicted octanol–water partition coefficient (Wildman–Crippen LogP) is 3.75. The van der Waals surface area contributed by atoms with Gasteiger partial charge >= 0.3 is 0 Å². The van der Waals surface area contributed by atoms with Gasteiger partial charge in [0.05, 0.1) is 11.8 Å². The summed E-state index contributed by atoms with van der Waals surface area (Å²) in [5, 5.41) is 0. The number of likely N-dealkylation sites (tertiary alicyclic amines) is 1. The highest BCUT2D eigenvalue weighted by molar-refractivity contribution is 7.22. The van der Waals surface area contributed by atoms with Crippen LogP contribution in [0.4, 0.5) is 4.39 Å². The van der Waals surface area contributed by atoms with Crippen molar-refractivity contribution in [1.29, 1.82) is 0 Å². The first kappa shape index (κ1) is 16.4. The highest BCUT2D eigenvalue weighted by Gasteiger charge is 2.20. The van der Waals surface area contributed by atoms with Gasteiger partial charge in [-0.15, -0.1) is 11.3 Å². The molecule has 2 aromatic heterocycles. The fourth-order valence-corrected chi connectivity index (χ4v) is 4.56. The molecule has 4 nitrogen and oxygen atoms in total. The smallest absolute Gasteiger partial charge is 0.271 e. The first-order valence-electron chi connectivity index (χ1n) is 8.57. The first-order chi connectivity index (χ1) is 12.1. The molecule has 25 heavy (non-hydrogen) atoms. The lowest BCUT2D eigenvalue weighted by atomic mass is 10.1. The van der Waals surface area contributed by atoms with E-state index in [-0.39, 0.29) is 11.4 Å². The average Bonchev–Trinajstić information content (AvgIpc) is 3.22. The second kappa shape index (κ2) is 6.69. The summed E-state index contributed by atoms with van der Waals surface area (Å²) < 4.78 is 15.5. The number of fused-ring (bicyclic) bond motifs is 1. The monoisotopic (exact) mass is 357 g/mol. The second-order valence-corrected chi connectivity index (χ2v) is 7.69. The van der Waals surface area contributed by atoms with Crippen LogP contribution in [0.15, 0.2) is 41.5 Å². The standard InChI is InChI=1S/C19H20FN3OS/c1-22-9-2-3-15(22)8-10-23-12-21-16-11-17(25-18(16)19(23)24)13-4-6-14(20)7-5-13/h4-7,11-12,15H,2-3,8-10H2,1H3. The molecule has 1 aliphatic rings. The molecule has 0 saturated carbocycles. The highest BCUT2D eigenvalue weighted by Crippen LogP contribution is 2.30. The lowest BCUT2D eigenvalue weighted by Crippen LogP contribution is -2.28. The van der Waals surface area contributed by atoms with Gasteiger partial charge in [0.1, 0.15) is 10.5 Å². The van der Waals surface area contributed by atoms with E-state index in [4.69, 9.17) is 0 Å². The Morgan fingerprint density at radius 1 is 1.32 bits per heavy atom. The third-order valence-electron chi connectivity index (χ3n) is 5.01. The molecule has 1 aromatic carbocycles. The van der Waals surface area contributed by atoms with Crippen molar-refractivity contribution in [2.75, 3.05) is 13.6 Å². The molecule has 3 heterocycles. The van der Waals surface area contributed by atoms with E-state index in [0.29, 0.717) is 22.8 Å². The number of hydrogen-bond donors (Lipinski definition) is 0. The molecule has 1 saturated heterocycles. The van der Waals surface area contributed by atoms with E-state index in [0.717, 1.165) is 23.4 Å². The van der Waals surface area contributed by atoms with E-state index >= 15 is 0 Å². The molecule has 0 radical (unpaired) electrons. The van der Waals surface area contributed by atoms with Crippen LogP contribution < -0.4 is 5.56 Å². The van der Waals surface area contributed by atoms with Crippen molar-refractivity contribution in [1.82, 2.24) is 14.5 Å². The third-order valence-corrected chi connectivity index (χ3v) is 6.17. The summed E-state index contributed by atoms with van der Waals surface area (Å²) in [6.07, 6.45) is 5.06. The summed E-state index contributed by atoms with van der Waals surface area (Å²) in [6, 6.07) is 8.79. The number of halogens is 1. The summed E-state index contributed by atoms with van der Waals surface area (Å²) in [7, 11) is 2.15. The Balaban J connectivity index is 1.61. The lowest BCUT2D eigenvalue weighted by Gasteiger charge is -2.19. The number of aromatic nitrogens is 2. The van der Waals surface area contributed by atoms with Gasteiger partial charge < -0.3 is 4.90 Å². The van der Waals surface area contributed by atoms with Crippen LogP contribution in [0.1, 0.15) is 19.3 Å². The van der Waals surface area contributed by atoms with Gasteiger partial charge in [0.2, 0.25) is 0 Å². The molecule has 4 rings (SSSR count). The number of nitrogens with zero attached hydrogens (tertiary/aromatic N) is 3. The van der Waals surface area contributed by atoms with Crippen LogP contribution in [0.2, 0.25) is 0 Å². The minimum absolute atomic E-state index is 0.0176. The minimum atomic E-state index is -0.262. The highest BCUT2D eigenvalue weighted by atomic mass is 32.1. The van der Waals surface area contributed by atoms with E-state index in [1.54, 1.807) is 23.0 Å². The molecule has 6 heteroatoms. The number of rotatable bonds is 4. The Labute approximate surface area is 149 Å². The average molecular weight is 357 g/mol. The zero-order valence-corrected chi connectivity index (χ0v) is 14.9. The van der Waals surface area contributed by atoms with Crippen LogP contribution in [-0.2, 0) is 6.54 Å². The van der Waals surface area contributed by atoms with E-state index < -0.39 is 0 Å². The number of aryl methyl sites for hydroxylation is 1. The second-order valence-electron chi connectivity index (χ2n) is 6.64. The number of benzene rings is 1. The third kappa shape index (κ3) is 3.24. The van der Waals surface area contributed by atoms with Gasteiger partial charge in [-0.1, -0.05) is 12.1 Å². The van der Waals surface area contributed by atoms with Gasteiger partial charge in [-0.2, -0.15) is 0 Å². The summed E-state index contributed by atoms with van der Waals surface area (Å²) in [6.45, 7) is 1.84. The molecule has 3 aromatic rings. The van der Waals surface area contributed by atoms with Crippen LogP contribution in [0.25, 0.3) is 20.7 Å². The zero-order valence-electron chi connectivity index (χ0n) is 14.1. The maximum absolute atomic E-state index is 13.1. The predicted molar refractivity (Wildman–Crippen MR) is 99.5 cm³/mol. The quantitative estimate of drug-likeness (QED) is 0.714. The summed E-state index contributed by atoms with van der Waals surface area (Å²) in [4.78, 5) is 20.5. The Hall–Kier alpha value is -2.05. The van der Waals surface area contributed by atoms with Crippen LogP contribution in [0, 0.1) is 5.82 Å². The summed E-state index contributed by atoms with van der Waals surface area (Å²) in [5.74, 6) is -0.262. The summed E-state index contributed by atoms with van der Waals surface area (Å²) >= 11 is 1.43. The molecular weight excluding hydrogens is 337 g/mol. The van der Waals surface area contributed by atoms with Crippen LogP contribution in [0.5, 0.6) is 0 Å². The van der Waals surface area contributed by atoms with Gasteiger partial charge in [0, 0.05) is 17.5 Å². The van der Waals surface area contributed by atoms with E-state index in [1.807, 2.05) is 6.07 Å². The van der Waals surface area contributed by atoms with Crippen molar-refractivity contribution in [3.8, 4) is 10.4 Å². The minimum Gasteiger partial charge on any atom is -0.303 e. The van der Waals surface area contributed by atoms with Crippen LogP contribution in [-0.4, -0.2) is 34.1 Å². The molecule has 0 spiro atoms. The normalized spacial score (nSPS) is 18.2. The Kier molecular flexibility index (Phi) is 4.39. The van der Waals surface area contributed by atoms with Crippen molar-refractivity contribution >= 4 is 21.6 Å². The van der Waals surface area contributed by atoms with Crippen molar-refractivity contribution < 1.29 is 4.39 Å². The topological polar surface area (TPSA) is 38.1 Å². The van der Waals surface area contributed by atoms with Crippen LogP contribution >= 0.6 is 11.3 Å². The molecule has 0 amide bonds. The fraction of sp³-hybridized carbons (Fsp3) is 0.368. The first-order valence-corrected chi connectivity index (χ1v) is 9.38. The van der Waals surface area contributed by atoms with Crippen molar-refractivity contribution in [3.63, 3.8) is 0 Å². The van der Waals surface area contributed by atoms with E-state index in [2.05, 4.69) is 16.9 Å². The molecular formula is C19H20FN3OS. The van der Waals surface area contributed by atoms with Gasteiger partial charge in [0.25, 0.3) is 5.56 Å². The zero-order chi connectivity index (χ0) is 17.4. The van der Waals surface area contributed by atoms with Crippen molar-refractivity contribution in [2.45, 2.75) is 31.8 Å². The Bertz CT molecular complexity index is 947. The van der Waals surface area contributed by atoms with Crippen LogP contribution in [0.3, 0.4) is 0 Å². The molecule has 1 unspecified atom stereocenters. The maximum Gasteiger partial charge on any atom is 0.271 e. The SMILES string of the molecule is CN1CCCC1CCn1cnc2cc(-c3ccc(F)cc3)sc2c1=O. The molecule has 130 valence electrons. The van der Waals surface area contributed by atoms with Gasteiger partial charge in [-0.25, -0.2) is 9.37 Å². The Morgan fingerprint density at radius 3 is 2.84 bits per heavy atom. The molecule has 1 aliphatic heterocycles. The number of thiophene rings is 1. The van der Waals surface area contributed by atoms with Gasteiger partial charge in [-0.05, 0) is 56.6 Å². The van der Waals surface area contributed by atoms with Crippen molar-refractivity contribution in [2.24, 2.45) is 0 Å². The lowest BCUT2D eigenvalue weighted by molar-refractivity contribution is 0.285. The maximum atomic E-state index is 13.1. The summed E-state index contributed by atoms with van der Waals surface area (Å²) in [5.41, 5.74) is 1.63. The van der Waals surface area contributed by atoms with Gasteiger partial charge in [0.15, 0.2) is 0 Å². The Morgan fingerprint density at radius 2 is 2.12 bits per heavy atom. The number of hydrogen-bond acceptors (Lipinski definition) is 4. The fourth-order valence-electron chi connectivity index (χ4n) is 3.49. The molecule has 0 bridgehead atoms. The molecule has 1 fully saturated rings. The molecule has 0 N–H and O–H groups in total. The molecule has 0 aliphatic carbocycles. The van der Waals surface area contributed by atoms with Crippen molar-refractivity contribution in [3.05, 3.63) is 52.8 Å². The largest absolute Gasteiger partial charge is 0.303 e. The van der Waals surface area contributed by atoms with E-state index in [1.165, 1.54) is 36.3 Å².